The second-order valence-corrected chi connectivity index (χ2v) is 3.85. The van der Waals surface area contributed by atoms with Crippen LogP contribution in [0.25, 0.3) is 16.7 Å². The fourth-order valence-corrected chi connectivity index (χ4v) is 1.84. The molecular weight excluding hydrogens is 234 g/mol. The van der Waals surface area contributed by atoms with Crippen LogP contribution in [-0.2, 0) is 7.05 Å². The highest BCUT2D eigenvalue weighted by Crippen LogP contribution is 2.19. The number of aromatic nitrogens is 5. The summed E-state index contributed by atoms with van der Waals surface area (Å²) in [6, 6.07) is 4.90. The number of benzene rings is 1. The number of para-hydroxylation sites is 1. The van der Waals surface area contributed by atoms with Crippen molar-refractivity contribution in [1.82, 2.24) is 24.8 Å². The first-order valence-electron chi connectivity index (χ1n) is 5.23. The Morgan fingerprint density at radius 1 is 1.39 bits per heavy atom. The van der Waals surface area contributed by atoms with Gasteiger partial charge in [0.05, 0.1) is 18.0 Å². The fraction of sp³-hybridized carbons (Fsp3) is 0.0909. The smallest absolute Gasteiger partial charge is 0.337 e. The number of carbonyl (C=O) groups is 1. The molecule has 0 saturated heterocycles. The summed E-state index contributed by atoms with van der Waals surface area (Å²) in [5, 5.41) is 21.2. The fourth-order valence-electron chi connectivity index (χ4n) is 1.84. The van der Waals surface area contributed by atoms with Gasteiger partial charge in [0.1, 0.15) is 16.7 Å². The lowest BCUT2D eigenvalue weighted by atomic mass is 10.2. The summed E-state index contributed by atoms with van der Waals surface area (Å²) in [6.45, 7) is 0. The second-order valence-electron chi connectivity index (χ2n) is 3.85. The predicted octanol–water partition coefficient (Wildman–Crippen LogP) is 0.852. The maximum Gasteiger partial charge on any atom is 0.337 e. The van der Waals surface area contributed by atoms with Crippen LogP contribution in [0.15, 0.2) is 30.6 Å². The molecule has 0 amide bonds. The van der Waals surface area contributed by atoms with E-state index in [2.05, 4.69) is 15.4 Å². The number of nitrogens with zero attached hydrogens (tertiary/aromatic N) is 5. The van der Waals surface area contributed by atoms with Gasteiger partial charge >= 0.3 is 5.97 Å². The van der Waals surface area contributed by atoms with Gasteiger partial charge in [-0.3, -0.25) is 4.68 Å². The molecule has 18 heavy (non-hydrogen) atoms. The van der Waals surface area contributed by atoms with Crippen LogP contribution in [-0.4, -0.2) is 35.9 Å². The van der Waals surface area contributed by atoms with Gasteiger partial charge in [0.2, 0.25) is 0 Å². The molecule has 0 saturated carbocycles. The topological polar surface area (TPSA) is 85.8 Å². The van der Waals surface area contributed by atoms with E-state index in [1.54, 1.807) is 36.3 Å². The number of carboxylic acid groups (broad SMARTS) is 1. The first-order chi connectivity index (χ1) is 8.66. The van der Waals surface area contributed by atoms with Crippen molar-refractivity contribution in [2.45, 2.75) is 0 Å². The molecule has 3 rings (SSSR count). The Morgan fingerprint density at radius 2 is 2.22 bits per heavy atom. The number of hydrogen-bond acceptors (Lipinski definition) is 4. The molecule has 2 aromatic heterocycles. The summed E-state index contributed by atoms with van der Waals surface area (Å²) in [7, 11) is 1.78. The molecule has 90 valence electrons. The van der Waals surface area contributed by atoms with Crippen LogP contribution in [0.1, 0.15) is 10.4 Å². The van der Waals surface area contributed by atoms with Gasteiger partial charge in [0, 0.05) is 7.05 Å². The molecule has 1 N–H and O–H groups in total. The van der Waals surface area contributed by atoms with Crippen LogP contribution < -0.4 is 0 Å². The molecule has 7 heteroatoms. The van der Waals surface area contributed by atoms with E-state index in [1.807, 2.05) is 0 Å². The van der Waals surface area contributed by atoms with E-state index in [0.717, 1.165) is 0 Å². The van der Waals surface area contributed by atoms with Gasteiger partial charge in [0.15, 0.2) is 0 Å². The van der Waals surface area contributed by atoms with Gasteiger partial charge in [-0.2, -0.15) is 5.10 Å². The minimum atomic E-state index is -1.01. The Labute approximate surface area is 101 Å². The Kier molecular flexibility index (Phi) is 2.12. The van der Waals surface area contributed by atoms with E-state index in [1.165, 1.54) is 10.7 Å². The maximum atomic E-state index is 11.2. The molecule has 2 heterocycles. The third kappa shape index (κ3) is 1.45. The lowest BCUT2D eigenvalue weighted by Crippen LogP contribution is -2.02. The second kappa shape index (κ2) is 3.66. The quantitative estimate of drug-likeness (QED) is 0.721. The molecule has 0 bridgehead atoms. The largest absolute Gasteiger partial charge is 0.478 e. The van der Waals surface area contributed by atoms with Crippen molar-refractivity contribution < 1.29 is 9.90 Å². The van der Waals surface area contributed by atoms with Crippen LogP contribution in [0, 0.1) is 0 Å². The van der Waals surface area contributed by atoms with Crippen molar-refractivity contribution in [1.29, 1.82) is 0 Å². The highest BCUT2D eigenvalue weighted by Gasteiger charge is 2.16. The molecule has 0 spiro atoms. The summed E-state index contributed by atoms with van der Waals surface area (Å²) < 4.78 is 3.10. The van der Waals surface area contributed by atoms with E-state index in [9.17, 15) is 9.90 Å². The number of rotatable bonds is 2. The molecule has 0 radical (unpaired) electrons. The van der Waals surface area contributed by atoms with E-state index in [-0.39, 0.29) is 5.56 Å². The molecule has 0 aliphatic rings. The molecule has 0 fully saturated rings. The van der Waals surface area contributed by atoms with Gasteiger partial charge in [-0.25, -0.2) is 9.48 Å². The molecule has 0 atom stereocenters. The monoisotopic (exact) mass is 243 g/mol. The minimum absolute atomic E-state index is 0.168. The Bertz CT molecular complexity index is 743. The Morgan fingerprint density at radius 3 is 2.89 bits per heavy atom. The lowest BCUT2D eigenvalue weighted by Gasteiger charge is -2.00. The molecule has 0 aliphatic carbocycles. The zero-order chi connectivity index (χ0) is 12.7. The normalized spacial score (nSPS) is 10.9. The van der Waals surface area contributed by atoms with Crippen molar-refractivity contribution >= 4 is 17.0 Å². The highest BCUT2D eigenvalue weighted by molar-refractivity contribution is 6.01. The van der Waals surface area contributed by atoms with Crippen LogP contribution in [0.3, 0.4) is 0 Å². The third-order valence-corrected chi connectivity index (χ3v) is 2.63. The third-order valence-electron chi connectivity index (χ3n) is 2.63. The molecule has 1 aromatic carbocycles. The summed E-state index contributed by atoms with van der Waals surface area (Å²) in [6.07, 6.45) is 3.35. The SMILES string of the molecule is Cn1cc(-n2nnc3cccc(C(=O)O)c32)cn1. The summed E-state index contributed by atoms with van der Waals surface area (Å²) in [4.78, 5) is 11.2. The molecule has 0 aliphatic heterocycles. The predicted molar refractivity (Wildman–Crippen MR) is 62.6 cm³/mol. The van der Waals surface area contributed by atoms with Gasteiger partial charge < -0.3 is 5.11 Å². The maximum absolute atomic E-state index is 11.2. The Hall–Kier alpha value is -2.70. The zero-order valence-corrected chi connectivity index (χ0v) is 9.48. The summed E-state index contributed by atoms with van der Waals surface area (Å²) >= 11 is 0. The zero-order valence-electron chi connectivity index (χ0n) is 9.48. The average molecular weight is 243 g/mol. The van der Waals surface area contributed by atoms with Crippen LogP contribution in [0.5, 0.6) is 0 Å². The number of aryl methyl sites for hydroxylation is 1. The lowest BCUT2D eigenvalue weighted by molar-refractivity contribution is 0.0698. The molecule has 7 nitrogen and oxygen atoms in total. The van der Waals surface area contributed by atoms with Gasteiger partial charge in [-0.1, -0.05) is 11.3 Å². The van der Waals surface area contributed by atoms with Crippen molar-refractivity contribution in [3.05, 3.63) is 36.2 Å². The number of aromatic carboxylic acids is 1. The van der Waals surface area contributed by atoms with Gasteiger partial charge in [-0.05, 0) is 12.1 Å². The van der Waals surface area contributed by atoms with Crippen LogP contribution in [0.4, 0.5) is 0 Å². The summed E-state index contributed by atoms with van der Waals surface area (Å²) in [5.74, 6) is -1.01. The Balaban J connectivity index is 2.34. The summed E-state index contributed by atoms with van der Waals surface area (Å²) in [5.41, 5.74) is 1.85. The van der Waals surface area contributed by atoms with E-state index >= 15 is 0 Å². The van der Waals surface area contributed by atoms with E-state index < -0.39 is 5.97 Å². The number of fused-ring (bicyclic) bond motifs is 1. The number of carboxylic acids is 1. The van der Waals surface area contributed by atoms with Crippen LogP contribution in [0.2, 0.25) is 0 Å². The molecule has 0 unspecified atom stereocenters. The van der Waals surface area contributed by atoms with Gasteiger partial charge in [0.25, 0.3) is 0 Å². The van der Waals surface area contributed by atoms with Crippen molar-refractivity contribution in [3.8, 4) is 5.69 Å². The first-order valence-corrected chi connectivity index (χ1v) is 5.23. The van der Waals surface area contributed by atoms with Crippen molar-refractivity contribution in [2.75, 3.05) is 0 Å². The standard InChI is InChI=1S/C11H9N5O2/c1-15-6-7(5-12-15)16-10-8(11(17)18)3-2-4-9(10)13-14-16/h2-6H,1H3,(H,17,18). The van der Waals surface area contributed by atoms with Crippen molar-refractivity contribution in [2.24, 2.45) is 7.05 Å². The minimum Gasteiger partial charge on any atom is -0.478 e. The van der Waals surface area contributed by atoms with Crippen molar-refractivity contribution in [3.63, 3.8) is 0 Å². The molecule has 3 aromatic rings. The van der Waals surface area contributed by atoms with E-state index in [0.29, 0.717) is 16.7 Å². The number of hydrogen-bond donors (Lipinski definition) is 1. The van der Waals surface area contributed by atoms with Gasteiger partial charge in [-0.15, -0.1) is 5.10 Å². The highest BCUT2D eigenvalue weighted by atomic mass is 16.4. The first kappa shape index (κ1) is 10.5. The van der Waals surface area contributed by atoms with Crippen LogP contribution >= 0.6 is 0 Å². The average Bonchev–Trinajstić information content (AvgIpc) is 2.94. The molecular formula is C11H9N5O2. The van der Waals surface area contributed by atoms with E-state index in [4.69, 9.17) is 0 Å².